The first kappa shape index (κ1) is 10.2. The maximum absolute atomic E-state index is 2.39. The van der Waals surface area contributed by atoms with Crippen LogP contribution >= 0.6 is 0 Å². The standard InChI is InChI=1S/C8H21NSi/c1-6-10-8(2,3)7-9(4)5/h6-7,10H2,1-5H3. The molecule has 0 aromatic heterocycles. The van der Waals surface area contributed by atoms with Crippen LogP contribution in [0.15, 0.2) is 0 Å². The largest absolute Gasteiger partial charge is 0.309 e. The summed E-state index contributed by atoms with van der Waals surface area (Å²) in [6.45, 7) is 8.35. The minimum absolute atomic E-state index is 0.165. The lowest BCUT2D eigenvalue weighted by Gasteiger charge is -2.27. The van der Waals surface area contributed by atoms with Gasteiger partial charge in [0.1, 0.15) is 0 Å². The van der Waals surface area contributed by atoms with Gasteiger partial charge in [0.05, 0.1) is 0 Å². The molecule has 0 amide bonds. The van der Waals surface area contributed by atoms with Crippen LogP contribution in [0.4, 0.5) is 0 Å². The number of hydrogen-bond acceptors (Lipinski definition) is 1. The molecule has 0 heterocycles. The lowest BCUT2D eigenvalue weighted by Crippen LogP contribution is -2.27. The molecule has 0 atom stereocenters. The van der Waals surface area contributed by atoms with Crippen molar-refractivity contribution in [2.24, 2.45) is 0 Å². The second kappa shape index (κ2) is 4.14. The maximum atomic E-state index is 2.39. The minimum Gasteiger partial charge on any atom is -0.309 e. The Hall–Kier alpha value is 0.177. The fourth-order valence-corrected chi connectivity index (χ4v) is 3.57. The van der Waals surface area contributed by atoms with E-state index < -0.39 is 0 Å². The Balaban J connectivity index is 3.63. The predicted molar refractivity (Wildman–Crippen MR) is 51.6 cm³/mol. The normalized spacial score (nSPS) is 13.8. The van der Waals surface area contributed by atoms with E-state index in [2.05, 4.69) is 39.8 Å². The molecule has 0 spiro atoms. The van der Waals surface area contributed by atoms with Gasteiger partial charge < -0.3 is 4.90 Å². The molecule has 0 saturated heterocycles. The fourth-order valence-electron chi connectivity index (χ4n) is 1.61. The Bertz CT molecular complexity index is 89.3. The van der Waals surface area contributed by atoms with Crippen molar-refractivity contribution in [1.82, 2.24) is 4.90 Å². The Kier molecular flexibility index (Phi) is 4.21. The van der Waals surface area contributed by atoms with Gasteiger partial charge in [0, 0.05) is 9.52 Å². The quantitative estimate of drug-likeness (QED) is 0.560. The van der Waals surface area contributed by atoms with E-state index in [-0.39, 0.29) is 9.52 Å². The summed E-state index contributed by atoms with van der Waals surface area (Å²) >= 11 is 0. The molecule has 0 aliphatic carbocycles. The SMILES string of the molecule is CC[SiH2]C(C)(C)CN(C)C. The van der Waals surface area contributed by atoms with Crippen LogP contribution in [0.3, 0.4) is 0 Å². The number of nitrogens with zero attached hydrogens (tertiary/aromatic N) is 1. The van der Waals surface area contributed by atoms with Gasteiger partial charge in [-0.3, -0.25) is 0 Å². The topological polar surface area (TPSA) is 3.24 Å². The van der Waals surface area contributed by atoms with Gasteiger partial charge in [0.2, 0.25) is 0 Å². The first-order chi connectivity index (χ1) is 4.48. The zero-order valence-electron chi connectivity index (χ0n) is 8.07. The van der Waals surface area contributed by atoms with E-state index in [0.717, 1.165) is 0 Å². The zero-order chi connectivity index (χ0) is 8.20. The van der Waals surface area contributed by atoms with Gasteiger partial charge >= 0.3 is 0 Å². The van der Waals surface area contributed by atoms with Crippen molar-refractivity contribution >= 4 is 9.52 Å². The van der Waals surface area contributed by atoms with Crippen molar-refractivity contribution in [3.63, 3.8) is 0 Å². The van der Waals surface area contributed by atoms with Crippen molar-refractivity contribution in [2.45, 2.75) is 31.9 Å². The Morgan fingerprint density at radius 1 is 1.30 bits per heavy atom. The summed E-state index contributed by atoms with van der Waals surface area (Å²) < 4.78 is 0. The Morgan fingerprint density at radius 2 is 1.80 bits per heavy atom. The summed E-state index contributed by atoms with van der Waals surface area (Å²) in [5.41, 5.74) is 0. The second-order valence-electron chi connectivity index (χ2n) is 4.15. The molecule has 0 rings (SSSR count). The predicted octanol–water partition coefficient (Wildman–Crippen LogP) is 1.35. The Labute approximate surface area is 67.6 Å². The molecule has 0 aliphatic rings. The van der Waals surface area contributed by atoms with Crippen LogP contribution in [0, 0.1) is 0 Å². The Morgan fingerprint density at radius 3 is 2.10 bits per heavy atom. The van der Waals surface area contributed by atoms with Crippen LogP contribution in [0.5, 0.6) is 0 Å². The summed E-state index contributed by atoms with van der Waals surface area (Å²) in [5.74, 6) is 0. The van der Waals surface area contributed by atoms with Crippen LogP contribution in [0.1, 0.15) is 20.8 Å². The highest BCUT2D eigenvalue weighted by Crippen LogP contribution is 2.23. The summed E-state index contributed by atoms with van der Waals surface area (Å²) in [7, 11) is 4.48. The van der Waals surface area contributed by atoms with Crippen LogP contribution in [-0.2, 0) is 0 Å². The van der Waals surface area contributed by atoms with Gasteiger partial charge in [-0.15, -0.1) is 0 Å². The van der Waals surface area contributed by atoms with Crippen LogP contribution < -0.4 is 0 Å². The number of rotatable bonds is 4. The molecule has 0 aromatic carbocycles. The van der Waals surface area contributed by atoms with Gasteiger partial charge in [0.15, 0.2) is 0 Å². The van der Waals surface area contributed by atoms with Crippen molar-refractivity contribution in [2.75, 3.05) is 20.6 Å². The van der Waals surface area contributed by atoms with Crippen molar-refractivity contribution in [3.05, 3.63) is 0 Å². The molecule has 10 heavy (non-hydrogen) atoms. The smallest absolute Gasteiger partial charge is 0.0277 e. The molecule has 0 fully saturated rings. The lowest BCUT2D eigenvalue weighted by atomic mass is 10.2. The lowest BCUT2D eigenvalue weighted by molar-refractivity contribution is 0.361. The van der Waals surface area contributed by atoms with Crippen molar-refractivity contribution < 1.29 is 0 Å². The third-order valence-corrected chi connectivity index (χ3v) is 3.75. The summed E-state index contributed by atoms with van der Waals surface area (Å²) in [5, 5.41) is 0.637. The summed E-state index contributed by atoms with van der Waals surface area (Å²) in [6, 6.07) is 1.43. The minimum atomic E-state index is 0.165. The van der Waals surface area contributed by atoms with Crippen molar-refractivity contribution in [1.29, 1.82) is 0 Å². The molecule has 0 aliphatic heterocycles. The molecule has 0 unspecified atom stereocenters. The van der Waals surface area contributed by atoms with Crippen molar-refractivity contribution in [3.8, 4) is 0 Å². The fraction of sp³-hybridized carbons (Fsp3) is 1.00. The van der Waals surface area contributed by atoms with E-state index in [0.29, 0.717) is 5.04 Å². The zero-order valence-corrected chi connectivity index (χ0v) is 9.48. The van der Waals surface area contributed by atoms with Gasteiger partial charge in [-0.05, 0) is 25.7 Å². The van der Waals surface area contributed by atoms with E-state index in [4.69, 9.17) is 0 Å². The first-order valence-corrected chi connectivity index (χ1v) is 5.83. The summed E-state index contributed by atoms with van der Waals surface area (Å²) in [4.78, 5) is 2.29. The molecule has 0 radical (unpaired) electrons. The highest BCUT2D eigenvalue weighted by atomic mass is 28.2. The molecular weight excluding hydrogens is 138 g/mol. The molecule has 2 heteroatoms. The molecule has 0 N–H and O–H groups in total. The highest BCUT2D eigenvalue weighted by Gasteiger charge is 2.17. The summed E-state index contributed by atoms with van der Waals surface area (Å²) in [6.07, 6.45) is 0. The molecule has 0 bridgehead atoms. The molecule has 1 nitrogen and oxygen atoms in total. The average molecular weight is 159 g/mol. The highest BCUT2D eigenvalue weighted by molar-refractivity contribution is 6.39. The van der Waals surface area contributed by atoms with E-state index in [1.54, 1.807) is 0 Å². The second-order valence-corrected chi connectivity index (χ2v) is 7.57. The maximum Gasteiger partial charge on any atom is 0.0277 e. The van der Waals surface area contributed by atoms with E-state index in [1.165, 1.54) is 12.6 Å². The van der Waals surface area contributed by atoms with E-state index >= 15 is 0 Å². The monoisotopic (exact) mass is 159 g/mol. The molecule has 0 aromatic rings. The van der Waals surface area contributed by atoms with Crippen LogP contribution in [0.2, 0.25) is 11.1 Å². The molecule has 0 saturated carbocycles. The van der Waals surface area contributed by atoms with E-state index in [1.807, 2.05) is 0 Å². The van der Waals surface area contributed by atoms with Gasteiger partial charge in [0.25, 0.3) is 0 Å². The van der Waals surface area contributed by atoms with Gasteiger partial charge in [-0.1, -0.05) is 26.8 Å². The van der Waals surface area contributed by atoms with Crippen LogP contribution in [-0.4, -0.2) is 35.1 Å². The molecule has 62 valence electrons. The first-order valence-electron chi connectivity index (χ1n) is 4.12. The average Bonchev–Trinajstić information content (AvgIpc) is 1.59. The third-order valence-electron chi connectivity index (χ3n) is 1.67. The third kappa shape index (κ3) is 5.00. The molecular formula is C8H21NSi. The van der Waals surface area contributed by atoms with Crippen LogP contribution in [0.25, 0.3) is 0 Å². The van der Waals surface area contributed by atoms with Gasteiger partial charge in [-0.25, -0.2) is 0 Å². The van der Waals surface area contributed by atoms with Gasteiger partial charge in [-0.2, -0.15) is 0 Å². The van der Waals surface area contributed by atoms with E-state index in [9.17, 15) is 0 Å². The number of hydrogen-bond donors (Lipinski definition) is 0.